The number of nitrogens with zero attached hydrogens (tertiary/aromatic N) is 1. The third-order valence-electron chi connectivity index (χ3n) is 4.91. The van der Waals surface area contributed by atoms with E-state index in [-0.39, 0.29) is 12.5 Å². The number of halogens is 1. The maximum atomic E-state index is 12.8. The van der Waals surface area contributed by atoms with Crippen molar-refractivity contribution in [2.75, 3.05) is 29.9 Å². The molecule has 0 atom stereocenters. The lowest BCUT2D eigenvalue weighted by Gasteiger charge is -2.29. The molecule has 0 radical (unpaired) electrons. The van der Waals surface area contributed by atoms with Crippen LogP contribution in [-0.2, 0) is 9.59 Å². The van der Waals surface area contributed by atoms with Gasteiger partial charge in [0.05, 0.1) is 22.8 Å². The van der Waals surface area contributed by atoms with Crippen molar-refractivity contribution in [2.24, 2.45) is 0 Å². The van der Waals surface area contributed by atoms with Crippen LogP contribution in [0.3, 0.4) is 0 Å². The largest absolute Gasteiger partial charge is 0.359 e. The number of fused-ring (bicyclic) bond motifs is 1. The van der Waals surface area contributed by atoms with Crippen LogP contribution in [0.4, 0.5) is 11.4 Å². The zero-order valence-electron chi connectivity index (χ0n) is 15.7. The summed E-state index contributed by atoms with van der Waals surface area (Å²) in [6.45, 7) is 3.19. The number of piperazine rings is 1. The van der Waals surface area contributed by atoms with Crippen LogP contribution in [0.15, 0.2) is 42.5 Å². The van der Waals surface area contributed by atoms with E-state index in [1.54, 1.807) is 31.2 Å². The van der Waals surface area contributed by atoms with Gasteiger partial charge >= 0.3 is 0 Å². The van der Waals surface area contributed by atoms with Crippen LogP contribution in [-0.4, -0.2) is 42.2 Å². The Balaban J connectivity index is 1.53. The van der Waals surface area contributed by atoms with E-state index in [1.165, 1.54) is 0 Å². The van der Waals surface area contributed by atoms with Crippen LogP contribution in [0, 0.1) is 6.92 Å². The number of ketones is 1. The minimum absolute atomic E-state index is 0.0654. The molecule has 0 saturated carbocycles. The molecule has 1 fully saturated rings. The highest BCUT2D eigenvalue weighted by Gasteiger charge is 2.23. The first kappa shape index (κ1) is 19.0. The summed E-state index contributed by atoms with van der Waals surface area (Å²) in [7, 11) is 0. The molecule has 0 spiro atoms. The fraction of sp³-hybridized carbons (Fsp3) is 0.190. The summed E-state index contributed by atoms with van der Waals surface area (Å²) < 4.78 is 0. The number of amides is 2. The van der Waals surface area contributed by atoms with Gasteiger partial charge in [-0.25, -0.2) is 0 Å². The van der Waals surface area contributed by atoms with E-state index in [1.807, 2.05) is 23.1 Å². The topological polar surface area (TPSA) is 94.3 Å². The molecule has 1 aliphatic heterocycles. The molecule has 2 amide bonds. The summed E-state index contributed by atoms with van der Waals surface area (Å²) in [5.74, 6) is -1.42. The maximum absolute atomic E-state index is 12.8. The Hall–Kier alpha value is -3.32. The van der Waals surface area contributed by atoms with Crippen molar-refractivity contribution in [3.8, 4) is 0 Å². The molecule has 0 aliphatic carbocycles. The number of aryl methyl sites for hydroxylation is 1. The maximum Gasteiger partial charge on any atom is 0.296 e. The average Bonchev–Trinajstić information content (AvgIpc) is 3.03. The Kier molecular flexibility index (Phi) is 4.98. The van der Waals surface area contributed by atoms with Crippen molar-refractivity contribution < 1.29 is 14.4 Å². The molecule has 0 unspecified atom stereocenters. The third kappa shape index (κ3) is 3.69. The number of nitrogens with one attached hydrogen (secondary N) is 3. The highest BCUT2D eigenvalue weighted by Crippen LogP contribution is 2.29. The number of rotatable bonds is 4. The Morgan fingerprint density at radius 2 is 1.97 bits per heavy atom. The summed E-state index contributed by atoms with van der Waals surface area (Å²) >= 11 is 6.36. The van der Waals surface area contributed by atoms with Crippen molar-refractivity contribution in [1.29, 1.82) is 0 Å². The summed E-state index contributed by atoms with van der Waals surface area (Å²) in [6, 6.07) is 12.3. The second-order valence-corrected chi connectivity index (χ2v) is 7.30. The average molecular weight is 411 g/mol. The number of para-hydroxylation sites is 1. The summed E-state index contributed by atoms with van der Waals surface area (Å²) in [6.07, 6.45) is 0. The predicted octanol–water partition coefficient (Wildman–Crippen LogP) is 2.89. The molecule has 1 saturated heterocycles. The summed E-state index contributed by atoms with van der Waals surface area (Å²) in [5.41, 5.74) is 2.93. The van der Waals surface area contributed by atoms with Gasteiger partial charge in [0.2, 0.25) is 5.91 Å². The number of Topliss-reactive ketones (excluding diaryl/α,β-unsaturated/α-hetero) is 1. The molecule has 4 rings (SSSR count). The molecule has 3 N–H and O–H groups in total. The van der Waals surface area contributed by atoms with E-state index in [0.717, 1.165) is 5.52 Å². The molecule has 0 bridgehead atoms. The molecule has 3 aromatic rings. The zero-order valence-corrected chi connectivity index (χ0v) is 16.5. The molecular formula is C21H19ClN4O3. The second kappa shape index (κ2) is 7.60. The quantitative estimate of drug-likeness (QED) is 0.455. The molecular weight excluding hydrogens is 392 g/mol. The van der Waals surface area contributed by atoms with Crippen molar-refractivity contribution in [3.05, 3.63) is 58.7 Å². The molecule has 7 nitrogen and oxygen atoms in total. The minimum atomic E-state index is -0.737. The molecule has 2 heterocycles. The van der Waals surface area contributed by atoms with Gasteiger partial charge in [0.25, 0.3) is 11.7 Å². The first-order valence-corrected chi connectivity index (χ1v) is 9.56. The summed E-state index contributed by atoms with van der Waals surface area (Å²) in [4.78, 5) is 41.9. The number of hydrogen-bond acceptors (Lipinski definition) is 4. The zero-order chi connectivity index (χ0) is 20.5. The minimum Gasteiger partial charge on any atom is -0.359 e. The van der Waals surface area contributed by atoms with Crippen LogP contribution in [0.5, 0.6) is 0 Å². The number of aromatic amines is 1. The van der Waals surface area contributed by atoms with Crippen LogP contribution in [0.1, 0.15) is 16.1 Å². The first-order chi connectivity index (χ1) is 13.9. The third-order valence-corrected chi connectivity index (χ3v) is 5.21. The van der Waals surface area contributed by atoms with Gasteiger partial charge in [-0.05, 0) is 31.2 Å². The van der Waals surface area contributed by atoms with Crippen LogP contribution >= 0.6 is 11.6 Å². The van der Waals surface area contributed by atoms with Crippen molar-refractivity contribution in [3.63, 3.8) is 0 Å². The molecule has 1 aliphatic rings. The van der Waals surface area contributed by atoms with E-state index in [0.29, 0.717) is 46.1 Å². The highest BCUT2D eigenvalue weighted by molar-refractivity contribution is 6.48. The predicted molar refractivity (Wildman–Crippen MR) is 113 cm³/mol. The Labute approximate surface area is 172 Å². The van der Waals surface area contributed by atoms with Crippen LogP contribution in [0.2, 0.25) is 5.02 Å². The molecule has 29 heavy (non-hydrogen) atoms. The lowest BCUT2D eigenvalue weighted by Crippen LogP contribution is -2.47. The fourth-order valence-electron chi connectivity index (χ4n) is 3.56. The van der Waals surface area contributed by atoms with Crippen molar-refractivity contribution in [2.45, 2.75) is 6.92 Å². The number of anilines is 2. The van der Waals surface area contributed by atoms with Crippen LogP contribution < -0.4 is 15.5 Å². The number of H-pyrrole nitrogens is 1. The smallest absolute Gasteiger partial charge is 0.296 e. The lowest BCUT2D eigenvalue weighted by atomic mass is 10.1. The SMILES string of the molecule is Cc1[nH]c2ccccc2c1C(=O)C(=O)Nc1ccc(N2CCNC(=O)C2)c(Cl)c1. The van der Waals surface area contributed by atoms with Crippen molar-refractivity contribution in [1.82, 2.24) is 10.3 Å². The monoisotopic (exact) mass is 410 g/mol. The van der Waals surface area contributed by atoms with Crippen LogP contribution in [0.25, 0.3) is 10.9 Å². The molecule has 8 heteroatoms. The Morgan fingerprint density at radius 1 is 1.17 bits per heavy atom. The van der Waals surface area contributed by atoms with E-state index in [2.05, 4.69) is 15.6 Å². The fourth-order valence-corrected chi connectivity index (χ4v) is 3.86. The Bertz CT molecular complexity index is 1140. The van der Waals surface area contributed by atoms with Gasteiger partial charge in [-0.1, -0.05) is 29.8 Å². The summed E-state index contributed by atoms with van der Waals surface area (Å²) in [5, 5.41) is 6.48. The molecule has 1 aromatic heterocycles. The van der Waals surface area contributed by atoms with Gasteiger partial charge in [0, 0.05) is 35.4 Å². The van der Waals surface area contributed by atoms with E-state index in [9.17, 15) is 14.4 Å². The van der Waals surface area contributed by atoms with E-state index in [4.69, 9.17) is 11.6 Å². The van der Waals surface area contributed by atoms with Gasteiger partial charge in [-0.15, -0.1) is 0 Å². The first-order valence-electron chi connectivity index (χ1n) is 9.18. The van der Waals surface area contributed by atoms with E-state index >= 15 is 0 Å². The normalized spacial score (nSPS) is 14.0. The van der Waals surface area contributed by atoms with Gasteiger partial charge in [-0.3, -0.25) is 14.4 Å². The number of carbonyl (C=O) groups excluding carboxylic acids is 3. The molecule has 148 valence electrons. The second-order valence-electron chi connectivity index (χ2n) is 6.89. The number of carbonyl (C=O) groups is 3. The van der Waals surface area contributed by atoms with Gasteiger partial charge in [-0.2, -0.15) is 0 Å². The van der Waals surface area contributed by atoms with Gasteiger partial charge in [0.1, 0.15) is 0 Å². The number of aromatic nitrogens is 1. The standard InChI is InChI=1S/C21H19ClN4O3/c1-12-19(14-4-2-3-5-16(14)24-12)20(28)21(29)25-13-6-7-17(15(22)10-13)26-9-8-23-18(27)11-26/h2-7,10,24H,8-9,11H2,1H3,(H,23,27)(H,25,29). The molecule has 2 aromatic carbocycles. The van der Waals surface area contributed by atoms with E-state index < -0.39 is 11.7 Å². The lowest BCUT2D eigenvalue weighted by molar-refractivity contribution is -0.120. The van der Waals surface area contributed by atoms with Gasteiger partial charge < -0.3 is 20.5 Å². The number of benzene rings is 2. The number of hydrogen-bond donors (Lipinski definition) is 3. The van der Waals surface area contributed by atoms with Gasteiger partial charge in [0.15, 0.2) is 0 Å². The highest BCUT2D eigenvalue weighted by atomic mass is 35.5. The Morgan fingerprint density at radius 3 is 2.72 bits per heavy atom. The van der Waals surface area contributed by atoms with Crippen molar-refractivity contribution >= 4 is 51.5 Å².